The van der Waals surface area contributed by atoms with Gasteiger partial charge >= 0.3 is 17.6 Å². The summed E-state index contributed by atoms with van der Waals surface area (Å²) >= 11 is 0. The molecule has 0 fully saturated rings. The summed E-state index contributed by atoms with van der Waals surface area (Å²) in [7, 11) is 1.45. The number of rotatable bonds is 5. The third-order valence-corrected chi connectivity index (χ3v) is 3.79. The summed E-state index contributed by atoms with van der Waals surface area (Å²) in [5, 5.41) is 11.4. The first-order valence-electron chi connectivity index (χ1n) is 7.87. The van der Waals surface area contributed by atoms with Crippen LogP contribution in [0.15, 0.2) is 53.5 Å². The normalized spacial score (nSPS) is 11.4. The highest BCUT2D eigenvalue weighted by molar-refractivity contribution is 5.61. The van der Waals surface area contributed by atoms with Crippen molar-refractivity contribution in [2.24, 2.45) is 0 Å². The fourth-order valence-electron chi connectivity index (χ4n) is 2.68. The second-order valence-corrected chi connectivity index (χ2v) is 5.83. The molecule has 0 saturated heterocycles. The summed E-state index contributed by atoms with van der Waals surface area (Å²) in [5.41, 5.74) is -0.997. The molecule has 2 aromatic heterocycles. The van der Waals surface area contributed by atoms with Crippen molar-refractivity contribution in [1.29, 1.82) is 0 Å². The summed E-state index contributed by atoms with van der Waals surface area (Å²) < 4.78 is 42.1. The number of aromatic nitrogens is 2. The van der Waals surface area contributed by atoms with Gasteiger partial charge in [0.05, 0.1) is 4.92 Å². The van der Waals surface area contributed by atoms with Crippen LogP contribution in [0.25, 0.3) is 5.65 Å². The van der Waals surface area contributed by atoms with Gasteiger partial charge in [-0.3, -0.25) is 19.3 Å². The van der Waals surface area contributed by atoms with E-state index in [2.05, 4.69) is 9.72 Å². The molecule has 28 heavy (non-hydrogen) atoms. The van der Waals surface area contributed by atoms with Gasteiger partial charge in [0, 0.05) is 19.8 Å². The van der Waals surface area contributed by atoms with Crippen LogP contribution in [0.2, 0.25) is 0 Å². The van der Waals surface area contributed by atoms with E-state index in [1.165, 1.54) is 42.4 Å². The maximum Gasteiger partial charge on any atom is 0.573 e. The molecule has 0 N–H and O–H groups in total. The molecule has 0 amide bonds. The van der Waals surface area contributed by atoms with Gasteiger partial charge in [-0.15, -0.1) is 13.2 Å². The lowest BCUT2D eigenvalue weighted by atomic mass is 10.2. The van der Waals surface area contributed by atoms with Crippen molar-refractivity contribution in [1.82, 2.24) is 9.38 Å². The molecular weight excluding hydrogens is 381 g/mol. The molecule has 0 atom stereocenters. The number of nitrogens with zero attached hydrogens (tertiary/aromatic N) is 4. The smallest absolute Gasteiger partial charge is 0.406 e. The number of benzene rings is 1. The standard InChI is InChI=1S/C17H13F3N4O4/c1-22(10-11-5-4-6-12(9-11)28-17(18,19)20)15-14(24(26)27)16(25)23-8-3-2-7-13(23)21-15/h2-9H,10H2,1H3. The van der Waals surface area contributed by atoms with Crippen molar-refractivity contribution in [2.45, 2.75) is 12.9 Å². The van der Waals surface area contributed by atoms with Crippen LogP contribution >= 0.6 is 0 Å². The van der Waals surface area contributed by atoms with Crippen LogP contribution < -0.4 is 15.2 Å². The Balaban J connectivity index is 1.99. The molecule has 0 unspecified atom stereocenters. The Kier molecular flexibility index (Phi) is 4.91. The lowest BCUT2D eigenvalue weighted by molar-refractivity contribution is -0.385. The van der Waals surface area contributed by atoms with Gasteiger partial charge in [0.15, 0.2) is 0 Å². The van der Waals surface area contributed by atoms with E-state index in [1.807, 2.05) is 0 Å². The fourth-order valence-corrected chi connectivity index (χ4v) is 2.68. The van der Waals surface area contributed by atoms with E-state index in [0.717, 1.165) is 16.5 Å². The quantitative estimate of drug-likeness (QED) is 0.488. The SMILES string of the molecule is CN(Cc1cccc(OC(F)(F)F)c1)c1nc2ccccn2c(=O)c1[N+](=O)[O-]. The number of hydrogen-bond donors (Lipinski definition) is 0. The number of alkyl halides is 3. The zero-order valence-corrected chi connectivity index (χ0v) is 14.4. The molecule has 3 aromatic rings. The lowest BCUT2D eigenvalue weighted by Crippen LogP contribution is -2.26. The number of pyridine rings is 1. The predicted octanol–water partition coefficient (Wildman–Crippen LogP) is 3.14. The molecular formula is C17H13F3N4O4. The van der Waals surface area contributed by atoms with E-state index in [4.69, 9.17) is 0 Å². The number of hydrogen-bond acceptors (Lipinski definition) is 6. The van der Waals surface area contributed by atoms with Gasteiger partial charge in [0.1, 0.15) is 11.4 Å². The fraction of sp³-hybridized carbons (Fsp3) is 0.176. The highest BCUT2D eigenvalue weighted by Crippen LogP contribution is 2.26. The highest BCUT2D eigenvalue weighted by Gasteiger charge is 2.31. The van der Waals surface area contributed by atoms with Crippen LogP contribution in [0.3, 0.4) is 0 Å². The van der Waals surface area contributed by atoms with Crippen LogP contribution in [-0.4, -0.2) is 27.7 Å². The van der Waals surface area contributed by atoms with Gasteiger partial charge in [-0.05, 0) is 29.8 Å². The number of nitro groups is 1. The van der Waals surface area contributed by atoms with E-state index >= 15 is 0 Å². The van der Waals surface area contributed by atoms with Crippen LogP contribution in [0.4, 0.5) is 24.7 Å². The molecule has 0 aliphatic carbocycles. The van der Waals surface area contributed by atoms with E-state index in [1.54, 1.807) is 6.07 Å². The molecule has 0 radical (unpaired) electrons. The van der Waals surface area contributed by atoms with Crippen molar-refractivity contribution in [3.05, 3.63) is 74.7 Å². The van der Waals surface area contributed by atoms with Crippen LogP contribution in [-0.2, 0) is 6.54 Å². The zero-order valence-electron chi connectivity index (χ0n) is 14.4. The third kappa shape index (κ3) is 4.03. The first-order valence-corrected chi connectivity index (χ1v) is 7.87. The summed E-state index contributed by atoms with van der Waals surface area (Å²) in [5.74, 6) is -0.609. The highest BCUT2D eigenvalue weighted by atomic mass is 19.4. The molecule has 0 spiro atoms. The molecule has 2 heterocycles. The molecule has 0 aliphatic heterocycles. The maximum atomic E-state index is 12.5. The second-order valence-electron chi connectivity index (χ2n) is 5.83. The van der Waals surface area contributed by atoms with Crippen molar-refractivity contribution in [3.8, 4) is 5.75 Å². The Morgan fingerprint density at radius 3 is 2.68 bits per heavy atom. The minimum atomic E-state index is -4.84. The summed E-state index contributed by atoms with van der Waals surface area (Å²) in [4.78, 5) is 28.6. The van der Waals surface area contributed by atoms with E-state index < -0.39 is 28.3 Å². The summed E-state index contributed by atoms with van der Waals surface area (Å²) in [6.45, 7) is -0.0364. The first-order chi connectivity index (χ1) is 13.2. The Morgan fingerprint density at radius 2 is 2.00 bits per heavy atom. The monoisotopic (exact) mass is 394 g/mol. The lowest BCUT2D eigenvalue weighted by Gasteiger charge is -2.19. The summed E-state index contributed by atoms with van der Waals surface area (Å²) in [6.07, 6.45) is -3.47. The van der Waals surface area contributed by atoms with Crippen LogP contribution in [0, 0.1) is 10.1 Å². The first kappa shape index (κ1) is 19.1. The van der Waals surface area contributed by atoms with Gasteiger partial charge in [0.2, 0.25) is 5.82 Å². The van der Waals surface area contributed by atoms with Gasteiger partial charge in [-0.1, -0.05) is 18.2 Å². The molecule has 3 rings (SSSR count). The van der Waals surface area contributed by atoms with Gasteiger partial charge in [-0.2, -0.15) is 0 Å². The zero-order chi connectivity index (χ0) is 20.5. The minimum absolute atomic E-state index is 0.0364. The Labute approximate surface area is 155 Å². The Morgan fingerprint density at radius 1 is 1.25 bits per heavy atom. The van der Waals surface area contributed by atoms with Crippen molar-refractivity contribution in [2.75, 3.05) is 11.9 Å². The van der Waals surface area contributed by atoms with Crippen molar-refractivity contribution < 1.29 is 22.8 Å². The Hall–Kier alpha value is -3.63. The minimum Gasteiger partial charge on any atom is -0.406 e. The molecule has 8 nitrogen and oxygen atoms in total. The number of ether oxygens (including phenoxy) is 1. The predicted molar refractivity (Wildman–Crippen MR) is 93.3 cm³/mol. The second kappa shape index (κ2) is 7.18. The Bertz CT molecular complexity index is 1100. The average molecular weight is 394 g/mol. The van der Waals surface area contributed by atoms with Gasteiger partial charge < -0.3 is 9.64 Å². The third-order valence-electron chi connectivity index (χ3n) is 3.79. The van der Waals surface area contributed by atoms with Gasteiger partial charge in [0.25, 0.3) is 0 Å². The maximum absolute atomic E-state index is 12.5. The molecule has 11 heteroatoms. The topological polar surface area (TPSA) is 90.0 Å². The van der Waals surface area contributed by atoms with E-state index in [0.29, 0.717) is 5.56 Å². The molecule has 1 aromatic carbocycles. The number of halogens is 3. The molecule has 0 aliphatic rings. The van der Waals surface area contributed by atoms with Gasteiger partial charge in [-0.25, -0.2) is 4.98 Å². The molecule has 146 valence electrons. The van der Waals surface area contributed by atoms with Crippen LogP contribution in [0.1, 0.15) is 5.56 Å². The van der Waals surface area contributed by atoms with Crippen molar-refractivity contribution >= 4 is 17.2 Å². The number of anilines is 1. The molecule has 0 bridgehead atoms. The number of fused-ring (bicyclic) bond motifs is 1. The van der Waals surface area contributed by atoms with Crippen LogP contribution in [0.5, 0.6) is 5.75 Å². The molecule has 0 saturated carbocycles. The van der Waals surface area contributed by atoms with E-state index in [9.17, 15) is 28.1 Å². The van der Waals surface area contributed by atoms with E-state index in [-0.39, 0.29) is 18.0 Å². The average Bonchev–Trinajstić information content (AvgIpc) is 2.60. The largest absolute Gasteiger partial charge is 0.573 e. The van der Waals surface area contributed by atoms with Crippen molar-refractivity contribution in [3.63, 3.8) is 0 Å². The summed E-state index contributed by atoms with van der Waals surface area (Å²) in [6, 6.07) is 9.86.